The molecule has 7 heteroatoms. The van der Waals surface area contributed by atoms with Crippen LogP contribution < -0.4 is 5.32 Å². The topological polar surface area (TPSA) is 88.5 Å². The number of carbonyl (C=O) groups excluding carboxylic acids is 1. The van der Waals surface area contributed by atoms with Crippen LogP contribution in [0.1, 0.15) is 38.2 Å². The van der Waals surface area contributed by atoms with Crippen molar-refractivity contribution in [1.29, 1.82) is 0 Å². The van der Waals surface area contributed by atoms with Gasteiger partial charge in [0.25, 0.3) is 5.91 Å². The molecule has 0 saturated carbocycles. The lowest BCUT2D eigenvalue weighted by atomic mass is 9.97. The number of nitrogens with zero attached hydrogens (tertiary/aromatic N) is 1. The van der Waals surface area contributed by atoms with Gasteiger partial charge in [-0.05, 0) is 30.5 Å². The predicted molar refractivity (Wildman–Crippen MR) is 86.6 cm³/mol. The summed E-state index contributed by atoms with van der Waals surface area (Å²) < 4.78 is 4.96. The highest BCUT2D eigenvalue weighted by Crippen LogP contribution is 2.21. The van der Waals surface area contributed by atoms with Gasteiger partial charge in [-0.2, -0.15) is 0 Å². The average molecular weight is 334 g/mol. The van der Waals surface area contributed by atoms with Gasteiger partial charge in [-0.25, -0.2) is 9.78 Å². The van der Waals surface area contributed by atoms with Crippen LogP contribution in [0.25, 0.3) is 0 Å². The maximum atomic E-state index is 12.3. The zero-order valence-electron chi connectivity index (χ0n) is 13.1. The van der Waals surface area contributed by atoms with Crippen LogP contribution in [0, 0.1) is 13.8 Å². The highest BCUT2D eigenvalue weighted by Gasteiger charge is 2.25. The zero-order valence-corrected chi connectivity index (χ0v) is 13.9. The number of aliphatic carboxylic acids is 1. The Labute approximate surface area is 138 Å². The fourth-order valence-corrected chi connectivity index (χ4v) is 2.91. The number of hydrogen-bond acceptors (Lipinski definition) is 5. The summed E-state index contributed by atoms with van der Waals surface area (Å²) in [6.07, 6.45) is 0. The number of nitrogens with one attached hydrogen (secondary N) is 1. The van der Waals surface area contributed by atoms with Gasteiger partial charge in [-0.15, -0.1) is 11.3 Å². The first kappa shape index (κ1) is 17.1. The summed E-state index contributed by atoms with van der Waals surface area (Å²) in [6.45, 7) is 4.06. The van der Waals surface area contributed by atoms with Crippen LogP contribution in [0.3, 0.4) is 0 Å². The number of benzene rings is 1. The molecule has 1 aromatic carbocycles. The quantitative estimate of drug-likeness (QED) is 0.847. The minimum atomic E-state index is -1.12. The van der Waals surface area contributed by atoms with Gasteiger partial charge in [0.05, 0.1) is 6.61 Å². The third kappa shape index (κ3) is 3.94. The van der Waals surface area contributed by atoms with Crippen molar-refractivity contribution in [3.05, 3.63) is 51.0 Å². The van der Waals surface area contributed by atoms with Gasteiger partial charge in [0.15, 0.2) is 6.04 Å². The van der Waals surface area contributed by atoms with Gasteiger partial charge >= 0.3 is 5.97 Å². The Kier molecular flexibility index (Phi) is 5.46. The molecule has 1 amide bonds. The van der Waals surface area contributed by atoms with Gasteiger partial charge in [-0.1, -0.05) is 18.2 Å². The summed E-state index contributed by atoms with van der Waals surface area (Å²) in [4.78, 5) is 28.0. The van der Waals surface area contributed by atoms with Crippen molar-refractivity contribution >= 4 is 23.2 Å². The highest BCUT2D eigenvalue weighted by molar-refractivity contribution is 7.09. The molecule has 0 saturated heterocycles. The summed E-state index contributed by atoms with van der Waals surface area (Å²) >= 11 is 1.29. The number of ether oxygens (including phenoxy) is 1. The van der Waals surface area contributed by atoms with Crippen molar-refractivity contribution in [3.8, 4) is 0 Å². The van der Waals surface area contributed by atoms with Crippen LogP contribution in [-0.4, -0.2) is 29.1 Å². The van der Waals surface area contributed by atoms with Crippen molar-refractivity contribution in [2.24, 2.45) is 0 Å². The number of carbonyl (C=O) groups is 2. The van der Waals surface area contributed by atoms with E-state index in [2.05, 4.69) is 10.3 Å². The summed E-state index contributed by atoms with van der Waals surface area (Å²) in [6, 6.07) is 4.27. The number of carboxylic acids is 1. The molecule has 0 aliphatic carbocycles. The number of hydrogen-bond donors (Lipinski definition) is 2. The standard InChI is InChI=1S/C16H18N2O4S/c1-9-5-4-6-11(10(9)2)14(16(20)21)18-15(19)12-8-23-13(17-12)7-22-3/h4-6,8,14H,7H2,1-3H3,(H,18,19)(H,20,21). The van der Waals surface area contributed by atoms with E-state index in [-0.39, 0.29) is 5.69 Å². The largest absolute Gasteiger partial charge is 0.479 e. The van der Waals surface area contributed by atoms with E-state index in [9.17, 15) is 14.7 Å². The van der Waals surface area contributed by atoms with Gasteiger partial charge in [-0.3, -0.25) is 4.79 Å². The lowest BCUT2D eigenvalue weighted by Gasteiger charge is -2.17. The van der Waals surface area contributed by atoms with Crippen LogP contribution in [0.15, 0.2) is 23.6 Å². The molecule has 0 aliphatic rings. The highest BCUT2D eigenvalue weighted by atomic mass is 32.1. The molecule has 0 bridgehead atoms. The SMILES string of the molecule is COCc1nc(C(=O)NC(C(=O)O)c2cccc(C)c2C)cs1. The molecule has 0 radical (unpaired) electrons. The average Bonchev–Trinajstić information content (AvgIpc) is 2.97. The Balaban J connectivity index is 2.23. The third-order valence-electron chi connectivity index (χ3n) is 3.53. The molecule has 0 spiro atoms. The first-order valence-electron chi connectivity index (χ1n) is 6.97. The van der Waals surface area contributed by atoms with Crippen LogP contribution in [-0.2, 0) is 16.1 Å². The summed E-state index contributed by atoms with van der Waals surface area (Å²) in [5.41, 5.74) is 2.58. The van der Waals surface area contributed by atoms with Crippen molar-refractivity contribution in [2.45, 2.75) is 26.5 Å². The number of thiazole rings is 1. The zero-order chi connectivity index (χ0) is 17.0. The molecule has 0 aliphatic heterocycles. The number of carboxylic acid groups (broad SMARTS) is 1. The molecule has 2 N–H and O–H groups in total. The fraction of sp³-hybridized carbons (Fsp3) is 0.312. The molecule has 122 valence electrons. The van der Waals surface area contributed by atoms with Crippen molar-refractivity contribution < 1.29 is 19.4 Å². The minimum Gasteiger partial charge on any atom is -0.479 e. The Hall–Kier alpha value is -2.25. The van der Waals surface area contributed by atoms with Gasteiger partial charge in [0, 0.05) is 12.5 Å². The third-order valence-corrected chi connectivity index (χ3v) is 4.35. The molecule has 2 rings (SSSR count). The minimum absolute atomic E-state index is 0.193. The normalized spacial score (nSPS) is 12.0. The van der Waals surface area contributed by atoms with Gasteiger partial charge in [0.1, 0.15) is 10.7 Å². The maximum absolute atomic E-state index is 12.3. The van der Waals surface area contributed by atoms with Crippen LogP contribution in [0.4, 0.5) is 0 Å². The fourth-order valence-electron chi connectivity index (χ4n) is 2.17. The first-order chi connectivity index (χ1) is 10.9. The van der Waals surface area contributed by atoms with Gasteiger partial charge in [0.2, 0.25) is 0 Å². The predicted octanol–water partition coefficient (Wildman–Crippen LogP) is 2.46. The Bertz CT molecular complexity index is 727. The molecule has 0 fully saturated rings. The summed E-state index contributed by atoms with van der Waals surface area (Å²) in [7, 11) is 1.54. The van der Waals surface area contributed by atoms with Crippen LogP contribution in [0.2, 0.25) is 0 Å². The van der Waals surface area contributed by atoms with Gasteiger partial charge < -0.3 is 15.2 Å². The molecule has 2 aromatic rings. The Morgan fingerprint density at radius 3 is 2.78 bits per heavy atom. The second kappa shape index (κ2) is 7.34. The summed E-state index contributed by atoms with van der Waals surface area (Å²) in [5, 5.41) is 14.3. The molecule has 6 nitrogen and oxygen atoms in total. The van der Waals surface area contributed by atoms with E-state index in [0.29, 0.717) is 17.2 Å². The second-order valence-electron chi connectivity index (χ2n) is 5.09. The van der Waals surface area contributed by atoms with E-state index < -0.39 is 17.9 Å². The van der Waals surface area contributed by atoms with E-state index in [1.54, 1.807) is 24.6 Å². The van der Waals surface area contributed by atoms with Crippen molar-refractivity contribution in [3.63, 3.8) is 0 Å². The molecule has 1 atom stereocenters. The molecule has 1 unspecified atom stereocenters. The number of aromatic nitrogens is 1. The molecule has 1 aromatic heterocycles. The molecular formula is C16H18N2O4S. The van der Waals surface area contributed by atoms with Crippen molar-refractivity contribution in [2.75, 3.05) is 7.11 Å². The van der Waals surface area contributed by atoms with E-state index >= 15 is 0 Å². The Morgan fingerprint density at radius 1 is 1.39 bits per heavy atom. The molecular weight excluding hydrogens is 316 g/mol. The van der Waals surface area contributed by atoms with Crippen molar-refractivity contribution in [1.82, 2.24) is 10.3 Å². The number of aryl methyl sites for hydroxylation is 1. The monoisotopic (exact) mass is 334 g/mol. The lowest BCUT2D eigenvalue weighted by Crippen LogP contribution is -2.34. The number of rotatable bonds is 6. The van der Waals surface area contributed by atoms with E-state index in [1.807, 2.05) is 19.9 Å². The lowest BCUT2D eigenvalue weighted by molar-refractivity contribution is -0.139. The smallest absolute Gasteiger partial charge is 0.330 e. The number of methoxy groups -OCH3 is 1. The van der Waals surface area contributed by atoms with Crippen LogP contribution >= 0.6 is 11.3 Å². The Morgan fingerprint density at radius 2 is 2.13 bits per heavy atom. The van der Waals surface area contributed by atoms with E-state index in [0.717, 1.165) is 11.1 Å². The summed E-state index contributed by atoms with van der Waals surface area (Å²) in [5.74, 6) is -1.63. The molecule has 23 heavy (non-hydrogen) atoms. The first-order valence-corrected chi connectivity index (χ1v) is 7.85. The maximum Gasteiger partial charge on any atom is 0.330 e. The van der Waals surface area contributed by atoms with E-state index in [4.69, 9.17) is 4.74 Å². The second-order valence-corrected chi connectivity index (χ2v) is 6.04. The van der Waals surface area contributed by atoms with E-state index in [1.165, 1.54) is 11.3 Å². The molecule has 1 heterocycles. The number of amides is 1. The van der Waals surface area contributed by atoms with Crippen LogP contribution in [0.5, 0.6) is 0 Å².